The van der Waals surface area contributed by atoms with Crippen molar-refractivity contribution in [1.29, 1.82) is 0 Å². The fourth-order valence-electron chi connectivity index (χ4n) is 0.993. The molecule has 0 saturated heterocycles. The Morgan fingerprint density at radius 1 is 1.65 bits per heavy atom. The van der Waals surface area contributed by atoms with Gasteiger partial charge in [0.2, 0.25) is 5.91 Å². The Labute approximate surface area is 103 Å². The van der Waals surface area contributed by atoms with Gasteiger partial charge in [-0.1, -0.05) is 17.8 Å². The standard InChI is InChI=1S/C10H14N4O2S/c1-3-4-11-9(16)13-8(15)7-17-10-12-5-6-14(10)2/h3,5-6H,1,4,7H2,2H3,(H2,11,13,15,16). The molecule has 3 amide bonds. The number of thioether (sulfide) groups is 1. The second-order valence-electron chi connectivity index (χ2n) is 3.16. The summed E-state index contributed by atoms with van der Waals surface area (Å²) >= 11 is 1.27. The van der Waals surface area contributed by atoms with E-state index in [0.29, 0.717) is 6.54 Å². The molecule has 0 fully saturated rings. The van der Waals surface area contributed by atoms with Crippen LogP contribution in [0.2, 0.25) is 0 Å². The van der Waals surface area contributed by atoms with Crippen molar-refractivity contribution < 1.29 is 9.59 Å². The molecule has 92 valence electrons. The minimum absolute atomic E-state index is 0.145. The highest BCUT2D eigenvalue weighted by Gasteiger charge is 2.08. The molecule has 0 atom stereocenters. The first-order valence-electron chi connectivity index (χ1n) is 4.92. The van der Waals surface area contributed by atoms with Crippen molar-refractivity contribution in [2.75, 3.05) is 12.3 Å². The van der Waals surface area contributed by atoms with Gasteiger partial charge >= 0.3 is 6.03 Å². The Bertz CT molecular complexity index is 416. The van der Waals surface area contributed by atoms with Gasteiger partial charge in [-0.05, 0) is 0 Å². The molecule has 0 aromatic carbocycles. The summed E-state index contributed by atoms with van der Waals surface area (Å²) in [7, 11) is 1.84. The molecule has 17 heavy (non-hydrogen) atoms. The van der Waals surface area contributed by atoms with E-state index in [2.05, 4.69) is 22.2 Å². The minimum atomic E-state index is -0.518. The van der Waals surface area contributed by atoms with E-state index in [9.17, 15) is 9.59 Å². The highest BCUT2D eigenvalue weighted by Crippen LogP contribution is 2.13. The van der Waals surface area contributed by atoms with Crippen LogP contribution in [0.15, 0.2) is 30.2 Å². The zero-order valence-electron chi connectivity index (χ0n) is 9.47. The third-order valence-electron chi connectivity index (χ3n) is 1.77. The number of amides is 3. The van der Waals surface area contributed by atoms with Gasteiger partial charge in [0.05, 0.1) is 5.75 Å². The lowest BCUT2D eigenvalue weighted by molar-refractivity contribution is -0.117. The fraction of sp³-hybridized carbons (Fsp3) is 0.300. The molecule has 0 unspecified atom stereocenters. The SMILES string of the molecule is C=CCNC(=O)NC(=O)CSc1nccn1C. The molecule has 6 nitrogen and oxygen atoms in total. The maximum Gasteiger partial charge on any atom is 0.321 e. The summed E-state index contributed by atoms with van der Waals surface area (Å²) in [6, 6.07) is -0.518. The maximum absolute atomic E-state index is 11.4. The third-order valence-corrected chi connectivity index (χ3v) is 2.83. The number of hydrogen-bond acceptors (Lipinski definition) is 4. The number of carbonyl (C=O) groups is 2. The first-order chi connectivity index (χ1) is 8.13. The monoisotopic (exact) mass is 254 g/mol. The molecule has 0 radical (unpaired) electrons. The highest BCUT2D eigenvalue weighted by molar-refractivity contribution is 7.99. The second-order valence-corrected chi connectivity index (χ2v) is 4.10. The fourth-order valence-corrected chi connectivity index (χ4v) is 1.73. The van der Waals surface area contributed by atoms with E-state index < -0.39 is 6.03 Å². The van der Waals surface area contributed by atoms with Gasteiger partial charge in [0, 0.05) is 26.0 Å². The molecular weight excluding hydrogens is 240 g/mol. The van der Waals surface area contributed by atoms with Crippen molar-refractivity contribution >= 4 is 23.7 Å². The number of aromatic nitrogens is 2. The number of carbonyl (C=O) groups excluding carboxylic acids is 2. The molecule has 7 heteroatoms. The van der Waals surface area contributed by atoms with E-state index in [-0.39, 0.29) is 11.7 Å². The van der Waals surface area contributed by atoms with Gasteiger partial charge < -0.3 is 9.88 Å². The maximum atomic E-state index is 11.4. The Morgan fingerprint density at radius 3 is 3.00 bits per heavy atom. The molecule has 1 heterocycles. The molecule has 0 saturated carbocycles. The van der Waals surface area contributed by atoms with Gasteiger partial charge in [0.15, 0.2) is 5.16 Å². The van der Waals surface area contributed by atoms with Crippen LogP contribution in [0.3, 0.4) is 0 Å². The predicted molar refractivity (Wildman–Crippen MR) is 65.7 cm³/mol. The van der Waals surface area contributed by atoms with Crippen LogP contribution in [0.1, 0.15) is 0 Å². The Balaban J connectivity index is 2.28. The summed E-state index contributed by atoms with van der Waals surface area (Å²) in [5.74, 6) is -0.216. The number of imide groups is 1. The van der Waals surface area contributed by atoms with Crippen LogP contribution in [0.5, 0.6) is 0 Å². The minimum Gasteiger partial charge on any atom is -0.334 e. The molecule has 1 aromatic rings. The van der Waals surface area contributed by atoms with Gasteiger partial charge in [-0.15, -0.1) is 6.58 Å². The lowest BCUT2D eigenvalue weighted by atomic mass is 10.6. The molecule has 1 aromatic heterocycles. The van der Waals surface area contributed by atoms with E-state index in [1.807, 2.05) is 7.05 Å². The normalized spacial score (nSPS) is 9.71. The molecule has 0 aliphatic rings. The highest BCUT2D eigenvalue weighted by atomic mass is 32.2. The average Bonchev–Trinajstić information content (AvgIpc) is 2.69. The van der Waals surface area contributed by atoms with Crippen molar-refractivity contribution in [3.05, 3.63) is 25.0 Å². The number of nitrogens with zero attached hydrogens (tertiary/aromatic N) is 2. The van der Waals surface area contributed by atoms with E-state index >= 15 is 0 Å². The molecule has 0 aliphatic heterocycles. The average molecular weight is 254 g/mol. The first-order valence-corrected chi connectivity index (χ1v) is 5.90. The van der Waals surface area contributed by atoms with E-state index in [1.54, 1.807) is 17.0 Å². The number of imidazole rings is 1. The Kier molecular flexibility index (Phi) is 5.28. The Morgan fingerprint density at radius 2 is 2.41 bits per heavy atom. The lowest BCUT2D eigenvalue weighted by Crippen LogP contribution is -2.40. The summed E-state index contributed by atoms with van der Waals surface area (Å²) < 4.78 is 1.80. The third kappa shape index (κ3) is 4.73. The van der Waals surface area contributed by atoms with Gasteiger partial charge in [0.25, 0.3) is 0 Å². The number of hydrogen-bond donors (Lipinski definition) is 2. The van der Waals surface area contributed by atoms with Crippen LogP contribution in [0.4, 0.5) is 4.79 Å². The lowest BCUT2D eigenvalue weighted by Gasteiger charge is -2.04. The summed E-state index contributed by atoms with van der Waals surface area (Å²) in [6.45, 7) is 3.77. The van der Waals surface area contributed by atoms with Crippen molar-refractivity contribution in [1.82, 2.24) is 20.2 Å². The van der Waals surface area contributed by atoms with Crippen LogP contribution < -0.4 is 10.6 Å². The topological polar surface area (TPSA) is 76.0 Å². The molecule has 0 bridgehead atoms. The number of aryl methyl sites for hydroxylation is 1. The zero-order chi connectivity index (χ0) is 12.7. The summed E-state index contributed by atoms with van der Waals surface area (Å²) in [4.78, 5) is 26.5. The van der Waals surface area contributed by atoms with E-state index in [4.69, 9.17) is 0 Å². The van der Waals surface area contributed by atoms with Crippen LogP contribution in [0, 0.1) is 0 Å². The van der Waals surface area contributed by atoms with Crippen molar-refractivity contribution in [3.8, 4) is 0 Å². The second kappa shape index (κ2) is 6.74. The molecular formula is C10H14N4O2S. The van der Waals surface area contributed by atoms with Crippen LogP contribution >= 0.6 is 11.8 Å². The van der Waals surface area contributed by atoms with Crippen molar-refractivity contribution in [2.45, 2.75) is 5.16 Å². The smallest absolute Gasteiger partial charge is 0.321 e. The van der Waals surface area contributed by atoms with Crippen LogP contribution in [-0.2, 0) is 11.8 Å². The summed E-state index contributed by atoms with van der Waals surface area (Å²) in [6.07, 6.45) is 4.97. The largest absolute Gasteiger partial charge is 0.334 e. The van der Waals surface area contributed by atoms with Crippen LogP contribution in [-0.4, -0.2) is 33.8 Å². The summed E-state index contributed by atoms with van der Waals surface area (Å²) in [5, 5.41) is 5.38. The van der Waals surface area contributed by atoms with Gasteiger partial charge in [-0.25, -0.2) is 9.78 Å². The predicted octanol–water partition coefficient (Wildman–Crippen LogP) is 0.524. The van der Waals surface area contributed by atoms with Gasteiger partial charge in [0.1, 0.15) is 0 Å². The first kappa shape index (κ1) is 13.3. The van der Waals surface area contributed by atoms with E-state index in [0.717, 1.165) is 5.16 Å². The van der Waals surface area contributed by atoms with Crippen molar-refractivity contribution in [2.24, 2.45) is 7.05 Å². The number of nitrogens with one attached hydrogen (secondary N) is 2. The van der Waals surface area contributed by atoms with Gasteiger partial charge in [-0.3, -0.25) is 10.1 Å². The molecule has 0 spiro atoms. The van der Waals surface area contributed by atoms with E-state index in [1.165, 1.54) is 17.8 Å². The van der Waals surface area contributed by atoms with Crippen LogP contribution in [0.25, 0.3) is 0 Å². The summed E-state index contributed by atoms with van der Waals surface area (Å²) in [5.41, 5.74) is 0. The quantitative estimate of drug-likeness (QED) is 0.593. The Hall–Kier alpha value is -1.76. The van der Waals surface area contributed by atoms with Crippen molar-refractivity contribution in [3.63, 3.8) is 0 Å². The number of rotatable bonds is 5. The molecule has 2 N–H and O–H groups in total. The molecule has 1 rings (SSSR count). The van der Waals surface area contributed by atoms with Gasteiger partial charge in [-0.2, -0.15) is 0 Å². The zero-order valence-corrected chi connectivity index (χ0v) is 10.3. The number of urea groups is 1. The molecule has 0 aliphatic carbocycles.